The lowest BCUT2D eigenvalue weighted by molar-refractivity contribution is 0.347. The van der Waals surface area contributed by atoms with E-state index in [0.29, 0.717) is 0 Å². The fourth-order valence-corrected chi connectivity index (χ4v) is 2.85. The van der Waals surface area contributed by atoms with E-state index in [4.69, 9.17) is 0 Å². The summed E-state index contributed by atoms with van der Waals surface area (Å²) in [5.41, 5.74) is 4.49. The Hall–Kier alpha value is -0.780. The summed E-state index contributed by atoms with van der Waals surface area (Å²) in [6, 6.07) is 6.94. The monoisotopic (exact) mass is 262 g/mol. The Morgan fingerprint density at radius 1 is 0.842 bits per heavy atom. The number of aryl methyl sites for hydroxylation is 2. The average molecular weight is 262 g/mol. The molecule has 1 aliphatic rings. The van der Waals surface area contributed by atoms with Gasteiger partial charge in [0, 0.05) is 0 Å². The largest absolute Gasteiger partial charge is 0.0683 e. The molecule has 110 valence electrons. The van der Waals surface area contributed by atoms with Gasteiger partial charge in [0.1, 0.15) is 0 Å². The first-order valence-electron chi connectivity index (χ1n) is 8.24. The van der Waals surface area contributed by atoms with Crippen LogP contribution in [0.4, 0.5) is 0 Å². The van der Waals surface area contributed by atoms with Gasteiger partial charge < -0.3 is 0 Å². The zero-order chi connectivity index (χ0) is 14.8. The van der Waals surface area contributed by atoms with Crippen molar-refractivity contribution in [1.82, 2.24) is 0 Å². The lowest BCUT2D eigenvalue weighted by Gasteiger charge is -2.27. The quantitative estimate of drug-likeness (QED) is 0.531. The lowest BCUT2D eigenvalue weighted by atomic mass is 9.78. The van der Waals surface area contributed by atoms with Gasteiger partial charge in [-0.25, -0.2) is 0 Å². The second-order valence-electron chi connectivity index (χ2n) is 5.32. The second-order valence-corrected chi connectivity index (χ2v) is 5.32. The molecular formula is C19H34. The smallest absolute Gasteiger partial charge is 0.0159 e. The standard InChI is InChI=1S/C15H22.2C2H6/c1-11-4-7-14(8-5-11)15-9-6-12(2)10-13(15)3;2*1-2/h6,9-11,14H,4-5,7-8H2,1-3H3;2*1-2H3. The highest BCUT2D eigenvalue weighted by molar-refractivity contribution is 5.33. The van der Waals surface area contributed by atoms with Gasteiger partial charge >= 0.3 is 0 Å². The van der Waals surface area contributed by atoms with Gasteiger partial charge in [-0.15, -0.1) is 0 Å². The molecular weight excluding hydrogens is 228 g/mol. The third kappa shape index (κ3) is 5.80. The first-order valence-corrected chi connectivity index (χ1v) is 8.24. The minimum absolute atomic E-state index is 0.835. The minimum atomic E-state index is 0.835. The number of hydrogen-bond acceptors (Lipinski definition) is 0. The van der Waals surface area contributed by atoms with Crippen LogP contribution in [0, 0.1) is 19.8 Å². The molecule has 0 amide bonds. The first kappa shape index (κ1) is 18.2. The normalized spacial score (nSPS) is 21.6. The van der Waals surface area contributed by atoms with Gasteiger partial charge in [0.05, 0.1) is 0 Å². The molecule has 0 unspecified atom stereocenters. The molecule has 0 bridgehead atoms. The van der Waals surface area contributed by atoms with E-state index in [1.807, 2.05) is 27.7 Å². The maximum Gasteiger partial charge on any atom is -0.0159 e. The van der Waals surface area contributed by atoms with Crippen LogP contribution in [0.15, 0.2) is 18.2 Å². The molecule has 0 N–H and O–H groups in total. The second kappa shape index (κ2) is 10.1. The Kier molecular flexibility index (Phi) is 9.65. The first-order chi connectivity index (χ1) is 9.16. The van der Waals surface area contributed by atoms with Crippen molar-refractivity contribution in [2.24, 2.45) is 5.92 Å². The third-order valence-corrected chi connectivity index (χ3v) is 3.88. The van der Waals surface area contributed by atoms with Crippen LogP contribution in [0.2, 0.25) is 0 Å². The number of rotatable bonds is 1. The zero-order valence-electron chi connectivity index (χ0n) is 14.2. The van der Waals surface area contributed by atoms with Crippen LogP contribution >= 0.6 is 0 Å². The molecule has 1 saturated carbocycles. The van der Waals surface area contributed by atoms with E-state index >= 15 is 0 Å². The minimum Gasteiger partial charge on any atom is -0.0683 e. The Bertz CT molecular complexity index is 330. The van der Waals surface area contributed by atoms with Crippen LogP contribution in [0.25, 0.3) is 0 Å². The SMILES string of the molecule is CC.CC.Cc1ccc(C2CCC(C)CC2)c(C)c1. The van der Waals surface area contributed by atoms with Gasteiger partial charge in [-0.3, -0.25) is 0 Å². The third-order valence-electron chi connectivity index (χ3n) is 3.88. The molecule has 0 aliphatic heterocycles. The number of hydrogen-bond donors (Lipinski definition) is 0. The Morgan fingerprint density at radius 2 is 1.37 bits per heavy atom. The van der Waals surface area contributed by atoms with Gasteiger partial charge in [-0.1, -0.05) is 71.2 Å². The Balaban J connectivity index is 0.000000741. The van der Waals surface area contributed by atoms with Crippen LogP contribution in [-0.2, 0) is 0 Å². The molecule has 0 radical (unpaired) electrons. The highest BCUT2D eigenvalue weighted by Crippen LogP contribution is 2.36. The zero-order valence-corrected chi connectivity index (χ0v) is 14.2. The predicted molar refractivity (Wildman–Crippen MR) is 89.0 cm³/mol. The van der Waals surface area contributed by atoms with Crippen LogP contribution < -0.4 is 0 Å². The highest BCUT2D eigenvalue weighted by Gasteiger charge is 2.20. The summed E-state index contributed by atoms with van der Waals surface area (Å²) in [5.74, 6) is 1.79. The summed E-state index contributed by atoms with van der Waals surface area (Å²) >= 11 is 0. The summed E-state index contributed by atoms with van der Waals surface area (Å²) in [7, 11) is 0. The van der Waals surface area contributed by atoms with Crippen molar-refractivity contribution in [3.05, 3.63) is 34.9 Å². The van der Waals surface area contributed by atoms with Crippen molar-refractivity contribution in [3.8, 4) is 0 Å². The van der Waals surface area contributed by atoms with E-state index in [2.05, 4.69) is 39.0 Å². The van der Waals surface area contributed by atoms with Gasteiger partial charge in [0.25, 0.3) is 0 Å². The molecule has 1 aliphatic carbocycles. The van der Waals surface area contributed by atoms with E-state index in [-0.39, 0.29) is 0 Å². The predicted octanol–water partition coefficient (Wildman–Crippen LogP) is 6.65. The topological polar surface area (TPSA) is 0 Å². The van der Waals surface area contributed by atoms with Crippen molar-refractivity contribution in [3.63, 3.8) is 0 Å². The summed E-state index contributed by atoms with van der Waals surface area (Å²) in [6.07, 6.45) is 5.62. The van der Waals surface area contributed by atoms with Crippen molar-refractivity contribution in [2.45, 2.75) is 80.1 Å². The Morgan fingerprint density at radius 3 is 1.84 bits per heavy atom. The van der Waals surface area contributed by atoms with E-state index in [1.54, 1.807) is 5.56 Å². The molecule has 0 heteroatoms. The summed E-state index contributed by atoms with van der Waals surface area (Å²) < 4.78 is 0. The molecule has 0 nitrogen and oxygen atoms in total. The van der Waals surface area contributed by atoms with Crippen molar-refractivity contribution in [1.29, 1.82) is 0 Å². The summed E-state index contributed by atoms with van der Waals surface area (Å²) in [5, 5.41) is 0. The van der Waals surface area contributed by atoms with Gasteiger partial charge in [-0.05, 0) is 49.7 Å². The van der Waals surface area contributed by atoms with Crippen LogP contribution in [0.3, 0.4) is 0 Å². The maximum absolute atomic E-state index is 2.39. The van der Waals surface area contributed by atoms with Gasteiger partial charge in [0.15, 0.2) is 0 Å². The molecule has 0 aromatic heterocycles. The van der Waals surface area contributed by atoms with E-state index < -0.39 is 0 Å². The fourth-order valence-electron chi connectivity index (χ4n) is 2.85. The van der Waals surface area contributed by atoms with Crippen LogP contribution in [0.1, 0.15) is 82.9 Å². The lowest BCUT2D eigenvalue weighted by Crippen LogP contribution is -2.11. The molecule has 0 spiro atoms. The van der Waals surface area contributed by atoms with Crippen molar-refractivity contribution < 1.29 is 0 Å². The van der Waals surface area contributed by atoms with E-state index in [0.717, 1.165) is 11.8 Å². The summed E-state index contributed by atoms with van der Waals surface area (Å²) in [4.78, 5) is 0. The van der Waals surface area contributed by atoms with Crippen LogP contribution in [-0.4, -0.2) is 0 Å². The molecule has 0 heterocycles. The fraction of sp³-hybridized carbons (Fsp3) is 0.684. The molecule has 2 rings (SSSR count). The molecule has 0 saturated heterocycles. The Labute approximate surface area is 121 Å². The van der Waals surface area contributed by atoms with Gasteiger partial charge in [0.2, 0.25) is 0 Å². The summed E-state index contributed by atoms with van der Waals surface area (Å²) in [6.45, 7) is 14.8. The van der Waals surface area contributed by atoms with E-state index in [9.17, 15) is 0 Å². The number of benzene rings is 1. The molecule has 1 aromatic rings. The van der Waals surface area contributed by atoms with Crippen molar-refractivity contribution >= 4 is 0 Å². The van der Waals surface area contributed by atoms with Crippen LogP contribution in [0.5, 0.6) is 0 Å². The molecule has 1 aromatic carbocycles. The van der Waals surface area contributed by atoms with Gasteiger partial charge in [-0.2, -0.15) is 0 Å². The van der Waals surface area contributed by atoms with Crippen molar-refractivity contribution in [2.75, 3.05) is 0 Å². The molecule has 1 fully saturated rings. The average Bonchev–Trinajstić information content (AvgIpc) is 2.45. The maximum atomic E-state index is 2.39. The molecule has 0 atom stereocenters. The highest BCUT2D eigenvalue weighted by atomic mass is 14.3. The molecule has 19 heavy (non-hydrogen) atoms. The van der Waals surface area contributed by atoms with E-state index in [1.165, 1.54) is 36.8 Å².